The van der Waals surface area contributed by atoms with Crippen molar-refractivity contribution in [3.05, 3.63) is 81.1 Å². The van der Waals surface area contributed by atoms with Gasteiger partial charge in [0, 0.05) is 43.0 Å². The molecule has 5 rings (SSSR count). The molecule has 4 heterocycles. The van der Waals surface area contributed by atoms with Crippen molar-refractivity contribution in [2.75, 3.05) is 6.54 Å². The molecule has 0 fully saturated rings. The maximum absolute atomic E-state index is 15.2. The van der Waals surface area contributed by atoms with Gasteiger partial charge in [-0.2, -0.15) is 0 Å². The molecule has 0 saturated heterocycles. The second-order valence-electron chi connectivity index (χ2n) is 10.1. The number of aliphatic hydroxyl groups excluding tert-OH is 1. The molecule has 1 aliphatic heterocycles. The molecule has 1 amide bonds. The number of nitrogens with zero attached hydrogens (tertiary/aromatic N) is 5. The van der Waals surface area contributed by atoms with Crippen LogP contribution in [-0.2, 0) is 17.8 Å². The summed E-state index contributed by atoms with van der Waals surface area (Å²) in [5, 5.41) is 10.9. The predicted molar refractivity (Wildman–Crippen MR) is 136 cm³/mol. The van der Waals surface area contributed by atoms with Crippen LogP contribution in [0.3, 0.4) is 0 Å². The van der Waals surface area contributed by atoms with Gasteiger partial charge in [0.25, 0.3) is 11.5 Å². The van der Waals surface area contributed by atoms with Crippen molar-refractivity contribution in [3.8, 4) is 5.69 Å². The van der Waals surface area contributed by atoms with Gasteiger partial charge < -0.3 is 23.9 Å². The summed E-state index contributed by atoms with van der Waals surface area (Å²) in [6.45, 7) is 7.79. The number of ether oxygens (including phenoxy) is 1. The number of aliphatic hydroxyl groups is 1. The summed E-state index contributed by atoms with van der Waals surface area (Å²) in [5.74, 6) is -0.997. The Morgan fingerprint density at radius 1 is 1.16 bits per heavy atom. The van der Waals surface area contributed by atoms with E-state index >= 15 is 4.39 Å². The largest absolute Gasteiger partial charge is 0.351 e. The zero-order valence-corrected chi connectivity index (χ0v) is 21.7. The third kappa shape index (κ3) is 4.56. The van der Waals surface area contributed by atoms with E-state index in [0.717, 1.165) is 5.69 Å². The molecule has 0 saturated carbocycles. The molecule has 0 aliphatic carbocycles. The third-order valence-electron chi connectivity index (χ3n) is 6.27. The smallest absolute Gasteiger partial charge is 0.275 e. The molecule has 194 valence electrons. The molecule has 37 heavy (non-hydrogen) atoms. The van der Waals surface area contributed by atoms with Gasteiger partial charge in [-0.1, -0.05) is 11.6 Å². The Labute approximate surface area is 217 Å². The van der Waals surface area contributed by atoms with E-state index < -0.39 is 17.8 Å². The molecule has 1 aliphatic rings. The average molecular weight is 528 g/mol. The number of fused-ring (bicyclic) bond motifs is 2. The van der Waals surface area contributed by atoms with Crippen LogP contribution in [0.4, 0.5) is 4.39 Å². The molecular weight excluding hydrogens is 501 g/mol. The minimum Gasteiger partial charge on any atom is -0.351 e. The molecule has 11 heteroatoms. The minimum atomic E-state index is -1.38. The number of rotatable bonds is 5. The van der Waals surface area contributed by atoms with Crippen molar-refractivity contribution >= 4 is 28.4 Å². The van der Waals surface area contributed by atoms with E-state index in [1.54, 1.807) is 67.2 Å². The minimum absolute atomic E-state index is 0.0541. The highest BCUT2D eigenvalue weighted by atomic mass is 35.5. The number of aromatic nitrogens is 4. The molecule has 1 aromatic carbocycles. The average Bonchev–Trinajstić information content (AvgIpc) is 3.41. The lowest BCUT2D eigenvalue weighted by Gasteiger charge is -2.29. The van der Waals surface area contributed by atoms with Gasteiger partial charge in [-0.15, -0.1) is 0 Å². The Morgan fingerprint density at radius 3 is 2.59 bits per heavy atom. The second kappa shape index (κ2) is 9.13. The fourth-order valence-corrected chi connectivity index (χ4v) is 4.76. The van der Waals surface area contributed by atoms with Crippen molar-refractivity contribution < 1.29 is 19.0 Å². The molecule has 0 bridgehead atoms. The van der Waals surface area contributed by atoms with Crippen LogP contribution < -0.4 is 5.56 Å². The standard InChI is InChI=1S/C26H27ClFN5O4/c1-15-11-31(14-29-15)19-7-8-20-23(34)30(9-10-32(20)24(19)35)12-16-13-33(25(36)37-26(2,3)4)18-6-5-17(27)22(28)21(16)18/h5-8,11,13-14,25,36H,9-10,12H2,1-4H3. The maximum atomic E-state index is 15.2. The molecule has 1 N–H and O–H groups in total. The number of hydrogen-bond donors (Lipinski definition) is 1. The van der Waals surface area contributed by atoms with Gasteiger partial charge >= 0.3 is 0 Å². The zero-order chi connectivity index (χ0) is 26.6. The fourth-order valence-electron chi connectivity index (χ4n) is 4.60. The van der Waals surface area contributed by atoms with Crippen LogP contribution >= 0.6 is 11.6 Å². The Bertz CT molecular complexity index is 1580. The lowest BCUT2D eigenvalue weighted by molar-refractivity contribution is -0.207. The van der Waals surface area contributed by atoms with E-state index in [4.69, 9.17) is 16.3 Å². The Hall–Kier alpha value is -3.47. The van der Waals surface area contributed by atoms with Gasteiger partial charge in [-0.3, -0.25) is 14.2 Å². The van der Waals surface area contributed by atoms with E-state index in [2.05, 4.69) is 4.98 Å². The summed E-state index contributed by atoms with van der Waals surface area (Å²) < 4.78 is 25.4. The van der Waals surface area contributed by atoms with Gasteiger partial charge in [0.05, 0.1) is 28.2 Å². The fraction of sp³-hybridized carbons (Fsp3) is 0.346. The number of hydrogen-bond acceptors (Lipinski definition) is 5. The van der Waals surface area contributed by atoms with Gasteiger partial charge in [0.15, 0.2) is 5.82 Å². The molecule has 0 radical (unpaired) electrons. The first-order chi connectivity index (χ1) is 17.4. The van der Waals surface area contributed by atoms with Crippen LogP contribution in [-0.4, -0.2) is 46.7 Å². The second-order valence-corrected chi connectivity index (χ2v) is 10.5. The Kier molecular flexibility index (Phi) is 6.21. The summed E-state index contributed by atoms with van der Waals surface area (Å²) in [5.41, 5.74) is 1.31. The summed E-state index contributed by atoms with van der Waals surface area (Å²) in [7, 11) is 0. The number of carbonyl (C=O) groups is 1. The topological polar surface area (TPSA) is 94.5 Å². The van der Waals surface area contributed by atoms with E-state index in [0.29, 0.717) is 16.8 Å². The number of aryl methyl sites for hydroxylation is 1. The van der Waals surface area contributed by atoms with Crippen LogP contribution in [0.2, 0.25) is 5.02 Å². The number of imidazole rings is 1. The number of amides is 1. The normalized spacial score (nSPS) is 14.9. The highest BCUT2D eigenvalue weighted by Gasteiger charge is 2.29. The van der Waals surface area contributed by atoms with Crippen molar-refractivity contribution in [2.24, 2.45) is 0 Å². The van der Waals surface area contributed by atoms with Gasteiger partial charge in [-0.25, -0.2) is 9.37 Å². The number of pyridine rings is 1. The Balaban J connectivity index is 1.50. The monoisotopic (exact) mass is 527 g/mol. The first-order valence-corrected chi connectivity index (χ1v) is 12.2. The van der Waals surface area contributed by atoms with E-state index in [9.17, 15) is 14.7 Å². The quantitative estimate of drug-likeness (QED) is 0.396. The van der Waals surface area contributed by atoms with Gasteiger partial charge in [0.2, 0.25) is 6.41 Å². The number of benzene rings is 1. The highest BCUT2D eigenvalue weighted by molar-refractivity contribution is 6.31. The lowest BCUT2D eigenvalue weighted by atomic mass is 10.1. The van der Waals surface area contributed by atoms with Crippen molar-refractivity contribution in [1.82, 2.24) is 23.6 Å². The first-order valence-electron chi connectivity index (χ1n) is 11.8. The van der Waals surface area contributed by atoms with Gasteiger partial charge in [-0.05, 0) is 52.0 Å². The van der Waals surface area contributed by atoms with Gasteiger partial charge in [0.1, 0.15) is 11.4 Å². The molecule has 1 unspecified atom stereocenters. The first kappa shape index (κ1) is 25.2. The van der Waals surface area contributed by atoms with Crippen LogP contribution in [0.1, 0.15) is 48.9 Å². The summed E-state index contributed by atoms with van der Waals surface area (Å²) in [6.07, 6.45) is 3.50. The Morgan fingerprint density at radius 2 is 1.92 bits per heavy atom. The molecule has 1 atom stereocenters. The van der Waals surface area contributed by atoms with Crippen LogP contribution in [0.5, 0.6) is 0 Å². The zero-order valence-electron chi connectivity index (χ0n) is 20.9. The highest BCUT2D eigenvalue weighted by Crippen LogP contribution is 2.33. The van der Waals surface area contributed by atoms with Crippen molar-refractivity contribution in [2.45, 2.75) is 52.8 Å². The predicted octanol–water partition coefficient (Wildman–Crippen LogP) is 4.01. The summed E-state index contributed by atoms with van der Waals surface area (Å²) >= 11 is 6.07. The third-order valence-corrected chi connectivity index (χ3v) is 6.56. The summed E-state index contributed by atoms with van der Waals surface area (Å²) in [4.78, 5) is 32.2. The molecule has 3 aromatic heterocycles. The molecule has 0 spiro atoms. The SMILES string of the molecule is Cc1cn(-c2ccc3n(c2=O)CCN(Cc2cn(C(O)OC(C)(C)C)c4ccc(Cl)c(F)c24)C3=O)cn1. The van der Waals surface area contributed by atoms with Crippen LogP contribution in [0.25, 0.3) is 16.6 Å². The lowest BCUT2D eigenvalue weighted by Crippen LogP contribution is -2.44. The maximum Gasteiger partial charge on any atom is 0.275 e. The van der Waals surface area contributed by atoms with Crippen LogP contribution in [0.15, 0.2) is 47.8 Å². The van der Waals surface area contributed by atoms with Crippen molar-refractivity contribution in [1.29, 1.82) is 0 Å². The van der Waals surface area contributed by atoms with E-state index in [1.807, 2.05) is 6.92 Å². The summed E-state index contributed by atoms with van der Waals surface area (Å²) in [6, 6.07) is 6.23. The number of halogens is 2. The van der Waals surface area contributed by atoms with Crippen LogP contribution in [0, 0.1) is 12.7 Å². The van der Waals surface area contributed by atoms with E-state index in [1.165, 1.54) is 15.2 Å². The molecular formula is C26H27ClFN5O4. The molecule has 4 aromatic rings. The van der Waals surface area contributed by atoms with Crippen molar-refractivity contribution in [3.63, 3.8) is 0 Å². The van der Waals surface area contributed by atoms with E-state index in [-0.39, 0.29) is 47.2 Å². The molecule has 9 nitrogen and oxygen atoms in total. The number of carbonyl (C=O) groups excluding carboxylic acids is 1.